The fourth-order valence-corrected chi connectivity index (χ4v) is 4.22. The van der Waals surface area contributed by atoms with E-state index in [1.165, 1.54) is 0 Å². The van der Waals surface area contributed by atoms with Crippen molar-refractivity contribution >= 4 is 21.5 Å². The van der Waals surface area contributed by atoms with E-state index in [9.17, 15) is 26.3 Å². The number of hydrogen-bond acceptors (Lipinski definition) is 0. The Morgan fingerprint density at radius 2 is 0.971 bits per heavy atom. The molecule has 0 amide bonds. The standard InChI is InChI=1S/C26H10F8/c27-12-1-3-14-16(9-12)22(11-7-20(32)26(34)21(33)8-11)24-17(29)5-6-18(30)25(24)23(14)15-4-2-13(28)10-19(15)31/h1-10H. The van der Waals surface area contributed by atoms with Crippen molar-refractivity contribution in [1.82, 2.24) is 0 Å². The van der Waals surface area contributed by atoms with Crippen LogP contribution >= 0.6 is 0 Å². The summed E-state index contributed by atoms with van der Waals surface area (Å²) in [5.41, 5.74) is -1.25. The Labute approximate surface area is 186 Å². The highest BCUT2D eigenvalue weighted by Gasteiger charge is 2.25. The van der Waals surface area contributed by atoms with Crippen LogP contribution < -0.4 is 0 Å². The van der Waals surface area contributed by atoms with Crippen molar-refractivity contribution in [3.05, 3.63) is 107 Å². The Kier molecular flexibility index (Phi) is 5.04. The number of benzene rings is 5. The highest BCUT2D eigenvalue weighted by Crippen LogP contribution is 2.46. The molecular formula is C26H10F8. The molecule has 5 aromatic rings. The highest BCUT2D eigenvalue weighted by atomic mass is 19.2. The third kappa shape index (κ3) is 3.29. The lowest BCUT2D eigenvalue weighted by Gasteiger charge is -2.19. The molecule has 0 aliphatic rings. The van der Waals surface area contributed by atoms with Gasteiger partial charge in [-0.1, -0.05) is 6.07 Å². The summed E-state index contributed by atoms with van der Waals surface area (Å²) in [6.45, 7) is 0. The molecular weight excluding hydrogens is 464 g/mol. The van der Waals surface area contributed by atoms with Crippen molar-refractivity contribution in [2.75, 3.05) is 0 Å². The molecule has 0 radical (unpaired) electrons. The van der Waals surface area contributed by atoms with Crippen molar-refractivity contribution in [2.24, 2.45) is 0 Å². The summed E-state index contributed by atoms with van der Waals surface area (Å²) in [6, 6.07) is 8.17. The van der Waals surface area contributed by atoms with Crippen LogP contribution in [0.3, 0.4) is 0 Å². The van der Waals surface area contributed by atoms with Crippen LogP contribution in [0.1, 0.15) is 0 Å². The van der Waals surface area contributed by atoms with Crippen LogP contribution in [-0.4, -0.2) is 0 Å². The van der Waals surface area contributed by atoms with Gasteiger partial charge in [-0.2, -0.15) is 0 Å². The molecule has 0 atom stereocenters. The Bertz CT molecular complexity index is 1620. The summed E-state index contributed by atoms with van der Waals surface area (Å²) in [6.07, 6.45) is 0. The predicted octanol–water partition coefficient (Wildman–Crippen LogP) is 8.44. The van der Waals surface area contributed by atoms with E-state index in [4.69, 9.17) is 0 Å². The highest BCUT2D eigenvalue weighted by molar-refractivity contribution is 6.21. The van der Waals surface area contributed by atoms with E-state index in [-0.39, 0.29) is 27.5 Å². The molecule has 0 saturated heterocycles. The van der Waals surface area contributed by atoms with Crippen molar-refractivity contribution < 1.29 is 35.1 Å². The zero-order valence-corrected chi connectivity index (χ0v) is 16.8. The van der Waals surface area contributed by atoms with E-state index in [2.05, 4.69) is 0 Å². The van der Waals surface area contributed by atoms with Gasteiger partial charge in [0, 0.05) is 33.5 Å². The molecule has 8 heteroatoms. The van der Waals surface area contributed by atoms with Crippen molar-refractivity contribution in [3.8, 4) is 22.3 Å². The topological polar surface area (TPSA) is 0 Å². The van der Waals surface area contributed by atoms with Crippen LogP contribution in [-0.2, 0) is 0 Å². The van der Waals surface area contributed by atoms with Gasteiger partial charge in [0.2, 0.25) is 0 Å². The molecule has 0 unspecified atom stereocenters. The zero-order valence-electron chi connectivity index (χ0n) is 16.8. The fraction of sp³-hybridized carbons (Fsp3) is 0. The third-order valence-corrected chi connectivity index (χ3v) is 5.60. The van der Waals surface area contributed by atoms with Gasteiger partial charge < -0.3 is 0 Å². The van der Waals surface area contributed by atoms with Crippen LogP contribution in [0.5, 0.6) is 0 Å². The third-order valence-electron chi connectivity index (χ3n) is 5.60. The maximum absolute atomic E-state index is 15.2. The van der Waals surface area contributed by atoms with Gasteiger partial charge in [0.25, 0.3) is 0 Å². The van der Waals surface area contributed by atoms with Crippen molar-refractivity contribution in [3.63, 3.8) is 0 Å². The minimum absolute atomic E-state index is 0.0101. The Hall–Kier alpha value is -3.94. The van der Waals surface area contributed by atoms with Gasteiger partial charge in [-0.15, -0.1) is 0 Å². The lowest BCUT2D eigenvalue weighted by Crippen LogP contribution is -1.99. The van der Waals surface area contributed by atoms with Crippen LogP contribution in [0, 0.1) is 46.5 Å². The first-order chi connectivity index (χ1) is 16.2. The van der Waals surface area contributed by atoms with E-state index in [1.54, 1.807) is 0 Å². The Morgan fingerprint density at radius 1 is 0.412 bits per heavy atom. The average molecular weight is 474 g/mol. The number of rotatable bonds is 2. The number of halogens is 8. The monoisotopic (exact) mass is 474 g/mol. The van der Waals surface area contributed by atoms with Gasteiger partial charge in [0.05, 0.1) is 0 Å². The first kappa shape index (κ1) is 21.9. The second-order valence-corrected chi connectivity index (χ2v) is 7.60. The van der Waals surface area contributed by atoms with Gasteiger partial charge in [0.15, 0.2) is 17.5 Å². The zero-order chi connectivity index (χ0) is 24.3. The Morgan fingerprint density at radius 3 is 1.59 bits per heavy atom. The molecule has 0 aliphatic heterocycles. The van der Waals surface area contributed by atoms with Gasteiger partial charge in [-0.25, -0.2) is 35.1 Å². The molecule has 34 heavy (non-hydrogen) atoms. The molecule has 0 spiro atoms. The number of fused-ring (bicyclic) bond motifs is 2. The molecule has 0 bridgehead atoms. The average Bonchev–Trinajstić information content (AvgIpc) is 2.78. The maximum atomic E-state index is 15.2. The lowest BCUT2D eigenvalue weighted by atomic mass is 9.85. The second-order valence-electron chi connectivity index (χ2n) is 7.60. The molecule has 5 aromatic carbocycles. The van der Waals surface area contributed by atoms with E-state index in [1.807, 2.05) is 0 Å². The maximum Gasteiger partial charge on any atom is 0.194 e. The minimum atomic E-state index is -1.78. The summed E-state index contributed by atoms with van der Waals surface area (Å²) in [4.78, 5) is 0. The SMILES string of the molecule is Fc1ccc(-c2c3ccc(F)cc3c(-c3cc(F)c(F)c(F)c3)c3c(F)ccc(F)c23)c(F)c1. The molecule has 5 rings (SSSR count). The largest absolute Gasteiger partial charge is 0.207 e. The normalized spacial score (nSPS) is 11.5. The second kappa shape index (κ2) is 7.83. The summed E-state index contributed by atoms with van der Waals surface area (Å²) in [5, 5.41) is -1.18. The van der Waals surface area contributed by atoms with Crippen LogP contribution in [0.2, 0.25) is 0 Å². The van der Waals surface area contributed by atoms with Crippen molar-refractivity contribution in [2.45, 2.75) is 0 Å². The van der Waals surface area contributed by atoms with Gasteiger partial charge in [-0.3, -0.25) is 0 Å². The molecule has 0 fully saturated rings. The van der Waals surface area contributed by atoms with Crippen LogP contribution in [0.25, 0.3) is 43.8 Å². The van der Waals surface area contributed by atoms with Gasteiger partial charge in [0.1, 0.15) is 29.1 Å². The van der Waals surface area contributed by atoms with Gasteiger partial charge in [-0.05, 0) is 64.9 Å². The van der Waals surface area contributed by atoms with Crippen LogP contribution in [0.4, 0.5) is 35.1 Å². The molecule has 0 heterocycles. The fourth-order valence-electron chi connectivity index (χ4n) is 4.22. The summed E-state index contributed by atoms with van der Waals surface area (Å²) >= 11 is 0. The predicted molar refractivity (Wildman–Crippen MR) is 112 cm³/mol. The van der Waals surface area contributed by atoms with E-state index < -0.39 is 62.9 Å². The molecule has 170 valence electrons. The Balaban J connectivity index is 2.09. The number of hydrogen-bond donors (Lipinski definition) is 0. The molecule has 0 saturated carbocycles. The minimum Gasteiger partial charge on any atom is -0.207 e. The molecule has 0 N–H and O–H groups in total. The van der Waals surface area contributed by atoms with Crippen LogP contribution in [0.15, 0.2) is 60.7 Å². The quantitative estimate of drug-likeness (QED) is 0.137. The first-order valence-corrected chi connectivity index (χ1v) is 9.80. The first-order valence-electron chi connectivity index (χ1n) is 9.80. The molecule has 0 aliphatic carbocycles. The smallest absolute Gasteiger partial charge is 0.194 e. The summed E-state index contributed by atoms with van der Waals surface area (Å²) in [5.74, 6) is -9.91. The molecule has 0 nitrogen and oxygen atoms in total. The van der Waals surface area contributed by atoms with E-state index in [0.717, 1.165) is 42.5 Å². The lowest BCUT2D eigenvalue weighted by molar-refractivity contribution is 0.448. The molecule has 0 aromatic heterocycles. The summed E-state index contributed by atoms with van der Waals surface area (Å²) in [7, 11) is 0. The van der Waals surface area contributed by atoms with E-state index >= 15 is 8.78 Å². The van der Waals surface area contributed by atoms with E-state index in [0.29, 0.717) is 18.2 Å². The summed E-state index contributed by atoms with van der Waals surface area (Å²) < 4.78 is 115. The van der Waals surface area contributed by atoms with Gasteiger partial charge >= 0.3 is 0 Å². The van der Waals surface area contributed by atoms with Crippen molar-refractivity contribution in [1.29, 1.82) is 0 Å².